The van der Waals surface area contributed by atoms with Crippen molar-refractivity contribution in [1.82, 2.24) is 0 Å². The van der Waals surface area contributed by atoms with E-state index in [1.807, 2.05) is 20.8 Å². The molecule has 1 heterocycles. The maximum Gasteiger partial charge on any atom is 0.166 e. The molecule has 3 nitrogen and oxygen atoms in total. The average molecular weight is 196 g/mol. The van der Waals surface area contributed by atoms with Crippen molar-refractivity contribution in [2.75, 3.05) is 0 Å². The zero-order chi connectivity index (χ0) is 10.8. The van der Waals surface area contributed by atoms with Gasteiger partial charge in [-0.2, -0.15) is 0 Å². The Morgan fingerprint density at radius 2 is 2.21 bits per heavy atom. The monoisotopic (exact) mass is 196 g/mol. The van der Waals surface area contributed by atoms with Crippen LogP contribution in [0.25, 0.3) is 0 Å². The highest BCUT2D eigenvalue weighted by molar-refractivity contribution is 5.85. The summed E-state index contributed by atoms with van der Waals surface area (Å²) in [6, 6.07) is 1.73. The maximum absolute atomic E-state index is 11.6. The molecule has 1 unspecified atom stereocenters. The summed E-state index contributed by atoms with van der Waals surface area (Å²) in [4.78, 5) is 11.6. The zero-order valence-electron chi connectivity index (χ0n) is 8.78. The molecule has 1 aromatic heterocycles. The fourth-order valence-electron chi connectivity index (χ4n) is 1.17. The molecule has 0 aliphatic carbocycles. The molecule has 1 aromatic rings. The van der Waals surface area contributed by atoms with Crippen LogP contribution in [0.2, 0.25) is 0 Å². The van der Waals surface area contributed by atoms with Gasteiger partial charge >= 0.3 is 0 Å². The lowest BCUT2D eigenvalue weighted by atomic mass is 9.85. The third kappa shape index (κ3) is 2.70. The van der Waals surface area contributed by atoms with Gasteiger partial charge in [0.05, 0.1) is 12.5 Å². The highest BCUT2D eigenvalue weighted by atomic mass is 16.3. The third-order valence-electron chi connectivity index (χ3n) is 2.08. The van der Waals surface area contributed by atoms with E-state index in [0.717, 1.165) is 5.56 Å². The van der Waals surface area contributed by atoms with Gasteiger partial charge in [0.2, 0.25) is 0 Å². The Hall–Kier alpha value is -1.09. The first-order valence-corrected chi connectivity index (χ1v) is 4.63. The second kappa shape index (κ2) is 3.96. The predicted molar refractivity (Wildman–Crippen MR) is 52.9 cm³/mol. The van der Waals surface area contributed by atoms with Crippen LogP contribution in [0.15, 0.2) is 23.0 Å². The fraction of sp³-hybridized carbons (Fsp3) is 0.545. The molecule has 1 atom stereocenters. The van der Waals surface area contributed by atoms with Gasteiger partial charge in [-0.1, -0.05) is 20.8 Å². The van der Waals surface area contributed by atoms with Gasteiger partial charge in [-0.3, -0.25) is 4.79 Å². The van der Waals surface area contributed by atoms with E-state index in [4.69, 9.17) is 4.42 Å². The molecule has 3 heteroatoms. The second-order valence-corrected chi connectivity index (χ2v) is 4.54. The molecule has 1 rings (SSSR count). The second-order valence-electron chi connectivity index (χ2n) is 4.54. The smallest absolute Gasteiger partial charge is 0.166 e. The van der Waals surface area contributed by atoms with E-state index < -0.39 is 11.5 Å². The van der Waals surface area contributed by atoms with Gasteiger partial charge in [-0.05, 0) is 17.0 Å². The van der Waals surface area contributed by atoms with Crippen LogP contribution in [-0.4, -0.2) is 17.0 Å². The van der Waals surface area contributed by atoms with Crippen molar-refractivity contribution in [3.05, 3.63) is 24.2 Å². The summed E-state index contributed by atoms with van der Waals surface area (Å²) in [6.07, 6.45) is 2.35. The lowest BCUT2D eigenvalue weighted by molar-refractivity contribution is -0.131. The van der Waals surface area contributed by atoms with Crippen LogP contribution in [0, 0.1) is 5.41 Å². The van der Waals surface area contributed by atoms with Crippen LogP contribution in [0.5, 0.6) is 0 Å². The minimum absolute atomic E-state index is 0.168. The number of Topliss-reactive ketones (excluding diaryl/α,β-unsaturated/α-hetero) is 1. The van der Waals surface area contributed by atoms with E-state index >= 15 is 0 Å². The van der Waals surface area contributed by atoms with Crippen molar-refractivity contribution >= 4 is 5.78 Å². The largest absolute Gasteiger partial charge is 0.472 e. The molecule has 0 aromatic carbocycles. The summed E-state index contributed by atoms with van der Waals surface area (Å²) in [6.45, 7) is 5.51. The molecule has 0 saturated heterocycles. The van der Waals surface area contributed by atoms with Crippen molar-refractivity contribution in [3.63, 3.8) is 0 Å². The first-order chi connectivity index (χ1) is 6.41. The summed E-state index contributed by atoms with van der Waals surface area (Å²) >= 11 is 0. The van der Waals surface area contributed by atoms with Crippen LogP contribution in [0.1, 0.15) is 26.3 Å². The van der Waals surface area contributed by atoms with E-state index in [2.05, 4.69) is 0 Å². The molecule has 14 heavy (non-hydrogen) atoms. The minimum Gasteiger partial charge on any atom is -0.472 e. The number of hydrogen-bond acceptors (Lipinski definition) is 3. The molecule has 0 radical (unpaired) electrons. The normalized spacial score (nSPS) is 14.0. The molecule has 0 aliphatic rings. The Morgan fingerprint density at radius 1 is 1.57 bits per heavy atom. The standard InChI is InChI=1S/C11H16O3/c1-11(2,3)10(13)9(12)6-8-4-5-14-7-8/h4-5,7,10,13H,6H2,1-3H3. The lowest BCUT2D eigenvalue weighted by Crippen LogP contribution is -2.35. The maximum atomic E-state index is 11.6. The number of aliphatic hydroxyl groups excluding tert-OH is 1. The molecule has 1 N–H and O–H groups in total. The third-order valence-corrected chi connectivity index (χ3v) is 2.08. The van der Waals surface area contributed by atoms with Gasteiger partial charge in [0.1, 0.15) is 6.10 Å². The lowest BCUT2D eigenvalue weighted by Gasteiger charge is -2.24. The summed E-state index contributed by atoms with van der Waals surface area (Å²) < 4.78 is 4.85. The van der Waals surface area contributed by atoms with Crippen molar-refractivity contribution in [3.8, 4) is 0 Å². The van der Waals surface area contributed by atoms with E-state index in [1.165, 1.54) is 12.5 Å². The first kappa shape index (κ1) is 11.0. The number of rotatable bonds is 3. The Kier molecular flexibility index (Phi) is 3.11. The van der Waals surface area contributed by atoms with Crippen LogP contribution in [0.4, 0.5) is 0 Å². The molecule has 0 saturated carbocycles. The number of ketones is 1. The summed E-state index contributed by atoms with van der Waals surface area (Å²) in [5.41, 5.74) is 0.402. The Labute approximate surface area is 83.7 Å². The molecule has 0 bridgehead atoms. The molecule has 0 fully saturated rings. The average Bonchev–Trinajstić information content (AvgIpc) is 2.53. The summed E-state index contributed by atoms with van der Waals surface area (Å²) in [5, 5.41) is 9.67. The van der Waals surface area contributed by atoms with Gasteiger partial charge in [0, 0.05) is 6.42 Å². The fourth-order valence-corrected chi connectivity index (χ4v) is 1.17. The first-order valence-electron chi connectivity index (χ1n) is 4.63. The molecule has 0 spiro atoms. The van der Waals surface area contributed by atoms with Gasteiger partial charge < -0.3 is 9.52 Å². The van der Waals surface area contributed by atoms with Crippen LogP contribution in [-0.2, 0) is 11.2 Å². The van der Waals surface area contributed by atoms with Gasteiger partial charge in [0.25, 0.3) is 0 Å². The van der Waals surface area contributed by atoms with Crippen molar-refractivity contribution in [2.45, 2.75) is 33.3 Å². The van der Waals surface area contributed by atoms with E-state index in [0.29, 0.717) is 0 Å². The number of aliphatic hydroxyl groups is 1. The molecule has 78 valence electrons. The van der Waals surface area contributed by atoms with E-state index in [1.54, 1.807) is 6.07 Å². The zero-order valence-corrected chi connectivity index (χ0v) is 8.78. The van der Waals surface area contributed by atoms with Gasteiger partial charge in [0.15, 0.2) is 5.78 Å². The molecular weight excluding hydrogens is 180 g/mol. The predicted octanol–water partition coefficient (Wildman–Crippen LogP) is 1.80. The Bertz CT molecular complexity index is 293. The van der Waals surface area contributed by atoms with Crippen molar-refractivity contribution in [2.24, 2.45) is 5.41 Å². The highest BCUT2D eigenvalue weighted by Crippen LogP contribution is 2.20. The van der Waals surface area contributed by atoms with Crippen molar-refractivity contribution < 1.29 is 14.3 Å². The number of hydrogen-bond donors (Lipinski definition) is 1. The Balaban J connectivity index is 2.59. The molecule has 0 amide bonds. The number of carbonyl (C=O) groups excluding carboxylic acids is 1. The highest BCUT2D eigenvalue weighted by Gasteiger charge is 2.28. The number of furan rings is 1. The molecular formula is C11H16O3. The van der Waals surface area contributed by atoms with Crippen molar-refractivity contribution in [1.29, 1.82) is 0 Å². The molecule has 0 aliphatic heterocycles. The van der Waals surface area contributed by atoms with E-state index in [9.17, 15) is 9.90 Å². The van der Waals surface area contributed by atoms with Crippen LogP contribution >= 0.6 is 0 Å². The summed E-state index contributed by atoms with van der Waals surface area (Å²) in [5.74, 6) is -0.168. The topological polar surface area (TPSA) is 50.4 Å². The SMILES string of the molecule is CC(C)(C)C(O)C(=O)Cc1ccoc1. The van der Waals surface area contributed by atoms with Gasteiger partial charge in [-0.25, -0.2) is 0 Å². The Morgan fingerprint density at radius 3 is 2.64 bits per heavy atom. The van der Waals surface area contributed by atoms with Crippen LogP contribution in [0.3, 0.4) is 0 Å². The quantitative estimate of drug-likeness (QED) is 0.802. The summed E-state index contributed by atoms with van der Waals surface area (Å²) in [7, 11) is 0. The minimum atomic E-state index is -0.919. The number of carbonyl (C=O) groups is 1. The van der Waals surface area contributed by atoms with E-state index in [-0.39, 0.29) is 12.2 Å². The van der Waals surface area contributed by atoms with Crippen LogP contribution < -0.4 is 0 Å². The van der Waals surface area contributed by atoms with Gasteiger partial charge in [-0.15, -0.1) is 0 Å².